The average Bonchev–Trinajstić information content (AvgIpc) is 2.64. The fourth-order valence-corrected chi connectivity index (χ4v) is 3.77. The Bertz CT molecular complexity index is 764. The number of aryl methyl sites for hydroxylation is 2. The molecular formula is C21H27ClN3O+. The molecule has 138 valence electrons. The molecule has 5 heteroatoms. The molecule has 1 heterocycles. The molecule has 2 aromatic carbocycles. The number of nitrogens with zero attached hydrogens (tertiary/aromatic N) is 1. The van der Waals surface area contributed by atoms with Gasteiger partial charge in [0.25, 0.3) is 5.91 Å². The van der Waals surface area contributed by atoms with Crippen LogP contribution in [0.2, 0.25) is 5.02 Å². The van der Waals surface area contributed by atoms with Gasteiger partial charge in [-0.05, 0) is 50.1 Å². The number of para-hydroxylation sites is 1. The summed E-state index contributed by atoms with van der Waals surface area (Å²) in [5.74, 6) is 0.0913. The Morgan fingerprint density at radius 3 is 2.35 bits per heavy atom. The molecule has 0 unspecified atom stereocenters. The largest absolute Gasteiger partial charge is 0.360 e. The first kappa shape index (κ1) is 18.7. The number of piperazine rings is 1. The number of carbonyl (C=O) groups is 1. The summed E-state index contributed by atoms with van der Waals surface area (Å²) in [5, 5.41) is 3.90. The van der Waals surface area contributed by atoms with Crippen molar-refractivity contribution in [2.75, 3.05) is 36.4 Å². The lowest BCUT2D eigenvalue weighted by Gasteiger charge is -2.36. The maximum Gasteiger partial charge on any atom is 0.282 e. The van der Waals surface area contributed by atoms with E-state index >= 15 is 0 Å². The minimum absolute atomic E-state index is 0.0736. The van der Waals surface area contributed by atoms with Crippen LogP contribution >= 0.6 is 11.6 Å². The van der Waals surface area contributed by atoms with Crippen molar-refractivity contribution in [2.45, 2.75) is 26.8 Å². The molecule has 0 spiro atoms. The molecule has 2 aromatic rings. The molecule has 1 aliphatic heterocycles. The third kappa shape index (κ3) is 4.19. The summed E-state index contributed by atoms with van der Waals surface area (Å²) in [7, 11) is 0. The van der Waals surface area contributed by atoms with Gasteiger partial charge in [0.15, 0.2) is 6.04 Å². The van der Waals surface area contributed by atoms with Gasteiger partial charge in [-0.2, -0.15) is 0 Å². The average molecular weight is 373 g/mol. The SMILES string of the molecule is Cc1cccc(C)c1NC(=O)[C@@H](C)[NH+]1CCN(c2cccc(Cl)c2)CC1. The second-order valence-corrected chi connectivity index (χ2v) is 7.54. The van der Waals surface area contributed by atoms with Gasteiger partial charge in [0.2, 0.25) is 0 Å². The molecule has 1 atom stereocenters. The number of hydrogen-bond donors (Lipinski definition) is 2. The third-order valence-electron chi connectivity index (χ3n) is 5.31. The van der Waals surface area contributed by atoms with Crippen LogP contribution in [0.5, 0.6) is 0 Å². The number of quaternary nitrogens is 1. The normalized spacial score (nSPS) is 16.4. The molecular weight excluding hydrogens is 346 g/mol. The van der Waals surface area contributed by atoms with Gasteiger partial charge in [0.05, 0.1) is 26.2 Å². The maximum absolute atomic E-state index is 12.7. The predicted molar refractivity (Wildman–Crippen MR) is 108 cm³/mol. The third-order valence-corrected chi connectivity index (χ3v) is 5.55. The number of halogens is 1. The Morgan fingerprint density at radius 1 is 1.12 bits per heavy atom. The molecule has 0 saturated carbocycles. The van der Waals surface area contributed by atoms with Crippen molar-refractivity contribution >= 4 is 28.9 Å². The van der Waals surface area contributed by atoms with Crippen LogP contribution in [0.3, 0.4) is 0 Å². The Labute approximate surface area is 160 Å². The highest BCUT2D eigenvalue weighted by Crippen LogP contribution is 2.20. The van der Waals surface area contributed by atoms with Gasteiger partial charge in [0.1, 0.15) is 0 Å². The van der Waals surface area contributed by atoms with Gasteiger partial charge >= 0.3 is 0 Å². The summed E-state index contributed by atoms with van der Waals surface area (Å²) in [6.45, 7) is 9.82. The Morgan fingerprint density at radius 2 is 1.73 bits per heavy atom. The van der Waals surface area contributed by atoms with Crippen molar-refractivity contribution in [3.63, 3.8) is 0 Å². The highest BCUT2D eigenvalue weighted by atomic mass is 35.5. The van der Waals surface area contributed by atoms with Gasteiger partial charge in [0, 0.05) is 16.4 Å². The highest BCUT2D eigenvalue weighted by molar-refractivity contribution is 6.30. The van der Waals surface area contributed by atoms with Crippen LogP contribution < -0.4 is 15.1 Å². The van der Waals surface area contributed by atoms with E-state index < -0.39 is 0 Å². The van der Waals surface area contributed by atoms with Gasteiger partial charge in [-0.15, -0.1) is 0 Å². The van der Waals surface area contributed by atoms with E-state index in [-0.39, 0.29) is 11.9 Å². The van der Waals surface area contributed by atoms with Crippen LogP contribution in [0.15, 0.2) is 42.5 Å². The zero-order chi connectivity index (χ0) is 18.7. The molecule has 26 heavy (non-hydrogen) atoms. The Hall–Kier alpha value is -2.04. The predicted octanol–water partition coefficient (Wildman–Crippen LogP) is 2.69. The summed E-state index contributed by atoms with van der Waals surface area (Å²) >= 11 is 6.10. The molecule has 0 radical (unpaired) electrons. The van der Waals surface area contributed by atoms with Gasteiger partial charge in [-0.3, -0.25) is 4.79 Å². The Balaban J connectivity index is 1.59. The van der Waals surface area contributed by atoms with Crippen molar-refractivity contribution in [3.8, 4) is 0 Å². The van der Waals surface area contributed by atoms with Crippen LogP contribution in [-0.4, -0.2) is 38.1 Å². The smallest absolute Gasteiger partial charge is 0.282 e. The van der Waals surface area contributed by atoms with E-state index in [1.54, 1.807) is 0 Å². The Kier molecular flexibility index (Phi) is 5.84. The van der Waals surface area contributed by atoms with Crippen LogP contribution in [0.1, 0.15) is 18.1 Å². The van der Waals surface area contributed by atoms with Gasteiger partial charge in [-0.1, -0.05) is 35.9 Å². The van der Waals surface area contributed by atoms with Gasteiger partial charge < -0.3 is 15.1 Å². The second kappa shape index (κ2) is 8.11. The lowest BCUT2D eigenvalue weighted by Crippen LogP contribution is -3.19. The van der Waals surface area contributed by atoms with E-state index in [9.17, 15) is 4.79 Å². The number of carbonyl (C=O) groups excluding carboxylic acids is 1. The van der Waals surface area contributed by atoms with E-state index in [1.165, 1.54) is 4.90 Å². The number of hydrogen-bond acceptors (Lipinski definition) is 2. The first-order chi connectivity index (χ1) is 12.5. The summed E-state index contributed by atoms with van der Waals surface area (Å²) in [5.41, 5.74) is 4.31. The fraction of sp³-hybridized carbons (Fsp3) is 0.381. The number of nitrogens with one attached hydrogen (secondary N) is 2. The molecule has 0 aromatic heterocycles. The molecule has 0 bridgehead atoms. The summed E-state index contributed by atoms with van der Waals surface area (Å²) < 4.78 is 0. The summed E-state index contributed by atoms with van der Waals surface area (Å²) in [6.07, 6.45) is 0. The monoisotopic (exact) mass is 372 g/mol. The lowest BCUT2D eigenvalue weighted by molar-refractivity contribution is -0.914. The topological polar surface area (TPSA) is 36.8 Å². The first-order valence-electron chi connectivity index (χ1n) is 9.18. The van der Waals surface area contributed by atoms with Crippen LogP contribution in [0.4, 0.5) is 11.4 Å². The van der Waals surface area contributed by atoms with Gasteiger partial charge in [-0.25, -0.2) is 0 Å². The van der Waals surface area contributed by atoms with Crippen molar-refractivity contribution in [3.05, 3.63) is 58.6 Å². The minimum atomic E-state index is -0.0736. The molecule has 4 nitrogen and oxygen atoms in total. The zero-order valence-corrected chi connectivity index (χ0v) is 16.4. The molecule has 2 N–H and O–H groups in total. The number of anilines is 2. The standard InChI is InChI=1S/C21H26ClN3O/c1-15-6-4-7-16(2)20(15)23-21(26)17(3)24-10-12-25(13-11-24)19-9-5-8-18(22)14-19/h4-9,14,17H,10-13H2,1-3H3,(H,23,26)/p+1/t17-/m1/s1. The fourth-order valence-electron chi connectivity index (χ4n) is 3.59. The molecule has 1 aliphatic rings. The maximum atomic E-state index is 12.7. The number of rotatable bonds is 4. The molecule has 1 amide bonds. The highest BCUT2D eigenvalue weighted by Gasteiger charge is 2.29. The molecule has 1 fully saturated rings. The van der Waals surface area contributed by atoms with Crippen LogP contribution in [0.25, 0.3) is 0 Å². The van der Waals surface area contributed by atoms with E-state index in [2.05, 4.69) is 16.3 Å². The van der Waals surface area contributed by atoms with Crippen LogP contribution in [0, 0.1) is 13.8 Å². The molecule has 3 rings (SSSR count). The van der Waals surface area contributed by atoms with Crippen molar-refractivity contribution in [1.82, 2.24) is 0 Å². The van der Waals surface area contributed by atoms with Crippen LogP contribution in [-0.2, 0) is 4.79 Å². The van der Waals surface area contributed by atoms with Crippen molar-refractivity contribution in [2.24, 2.45) is 0 Å². The van der Waals surface area contributed by atoms with E-state index in [1.807, 2.05) is 57.2 Å². The van der Waals surface area contributed by atoms with E-state index in [0.29, 0.717) is 0 Å². The minimum Gasteiger partial charge on any atom is -0.360 e. The van der Waals surface area contributed by atoms with Crippen molar-refractivity contribution in [1.29, 1.82) is 0 Å². The van der Waals surface area contributed by atoms with E-state index in [4.69, 9.17) is 11.6 Å². The second-order valence-electron chi connectivity index (χ2n) is 7.10. The summed E-state index contributed by atoms with van der Waals surface area (Å²) in [6, 6.07) is 14.0. The zero-order valence-electron chi connectivity index (χ0n) is 15.7. The number of benzene rings is 2. The van der Waals surface area contributed by atoms with Crippen molar-refractivity contribution < 1.29 is 9.69 Å². The quantitative estimate of drug-likeness (QED) is 0.865. The summed E-state index contributed by atoms with van der Waals surface area (Å²) in [4.78, 5) is 16.4. The van der Waals surface area contributed by atoms with E-state index in [0.717, 1.165) is 53.7 Å². The lowest BCUT2D eigenvalue weighted by atomic mass is 10.1. The molecule has 1 saturated heterocycles. The number of amides is 1. The first-order valence-corrected chi connectivity index (χ1v) is 9.55. The molecule has 0 aliphatic carbocycles.